The molecule has 0 spiro atoms. The van der Waals surface area contributed by atoms with E-state index in [0.29, 0.717) is 74.1 Å². The maximum Gasteiger partial charge on any atom is 0.348 e. The average molecular weight is 1680 g/mol. The van der Waals surface area contributed by atoms with Crippen molar-refractivity contribution in [2.45, 2.75) is 102 Å². The molecule has 0 fully saturated rings. The van der Waals surface area contributed by atoms with Crippen LogP contribution in [0, 0.1) is 41.5 Å². The van der Waals surface area contributed by atoms with E-state index in [1.54, 1.807) is 103 Å². The van der Waals surface area contributed by atoms with Crippen LogP contribution in [0.15, 0.2) is 285 Å². The van der Waals surface area contributed by atoms with Crippen molar-refractivity contribution in [2.24, 2.45) is 0 Å². The van der Waals surface area contributed by atoms with Gasteiger partial charge in [0.25, 0.3) is 0 Å². The monoisotopic (exact) mass is 1680 g/mol. The SMILES string of the molecule is COC(c1ccccc1)(c1ccccc1)C(Oc1nc(C)cc(C)n1)C(=O)O.COc1cc(OC)nc(OC(C(=O)O)C(OC)(c2ccccc2)c2ccccc2)n1.COc1ccc(CCOC(c2ccccc2)(c2ccccc2)C(Oc2nc(C)cc(C)n2)C(=O)O)cc1OC.Cc1cc(C)nc(OC(C(=O)O)C(C)(c2ccccc2)c2ccccc2)n1. The van der Waals surface area contributed by atoms with Crippen LogP contribution in [0.1, 0.15) is 91.2 Å². The molecule has 0 radical (unpaired) electrons. The Hall–Kier alpha value is -14.5. The molecule has 4 unspecified atom stereocenters. The van der Waals surface area contributed by atoms with Crippen molar-refractivity contribution >= 4 is 23.9 Å². The molecule has 4 atom stereocenters. The van der Waals surface area contributed by atoms with Crippen LogP contribution in [-0.4, -0.2) is 158 Å². The summed E-state index contributed by atoms with van der Waals surface area (Å²) in [5, 5.41) is 40.9. The van der Waals surface area contributed by atoms with Crippen LogP contribution in [0.3, 0.4) is 0 Å². The molecular formula is C97H98N8O19. The first-order valence-corrected chi connectivity index (χ1v) is 39.2. The van der Waals surface area contributed by atoms with Gasteiger partial charge in [-0.2, -0.15) is 9.97 Å². The van der Waals surface area contributed by atoms with Crippen molar-refractivity contribution in [1.29, 1.82) is 0 Å². The van der Waals surface area contributed by atoms with Gasteiger partial charge in [0.2, 0.25) is 36.2 Å². The van der Waals surface area contributed by atoms with Crippen LogP contribution in [0.25, 0.3) is 0 Å². The lowest BCUT2D eigenvalue weighted by Crippen LogP contribution is -2.51. The lowest BCUT2D eigenvalue weighted by molar-refractivity contribution is -0.164. The zero-order chi connectivity index (χ0) is 89.0. The van der Waals surface area contributed by atoms with Crippen LogP contribution in [0.5, 0.6) is 47.3 Å². The van der Waals surface area contributed by atoms with Gasteiger partial charge in [-0.25, -0.2) is 49.1 Å². The molecule has 0 aliphatic heterocycles. The molecular weight excluding hydrogens is 1580 g/mol. The molecule has 4 N–H and O–H groups in total. The normalized spacial score (nSPS) is 12.2. The second-order valence-electron chi connectivity index (χ2n) is 28.4. The van der Waals surface area contributed by atoms with Gasteiger partial charge in [0, 0.05) is 48.4 Å². The lowest BCUT2D eigenvalue weighted by atomic mass is 9.72. The molecule has 0 amide bonds. The van der Waals surface area contributed by atoms with Gasteiger partial charge in [-0.15, -0.1) is 0 Å². The zero-order valence-corrected chi connectivity index (χ0v) is 70.8. The number of benzene rings is 9. The Kier molecular flexibility index (Phi) is 31.9. The molecule has 640 valence electrons. The summed E-state index contributed by atoms with van der Waals surface area (Å²) in [4.78, 5) is 83.9. The second-order valence-corrected chi connectivity index (χ2v) is 28.4. The Morgan fingerprint density at radius 3 is 0.798 bits per heavy atom. The number of hydrogen-bond donors (Lipinski definition) is 4. The Morgan fingerprint density at radius 2 is 0.540 bits per heavy atom. The summed E-state index contributed by atoms with van der Waals surface area (Å²) in [5.74, 6) is -3.16. The van der Waals surface area contributed by atoms with Gasteiger partial charge in [-0.1, -0.05) is 249 Å². The minimum Gasteiger partial charge on any atom is -0.493 e. The first kappa shape index (κ1) is 91.8. The van der Waals surface area contributed by atoms with Crippen molar-refractivity contribution in [1.82, 2.24) is 39.9 Å². The largest absolute Gasteiger partial charge is 0.493 e. The van der Waals surface area contributed by atoms with Crippen molar-refractivity contribution < 1.29 is 91.7 Å². The first-order chi connectivity index (χ1) is 59.8. The van der Waals surface area contributed by atoms with E-state index < -0.39 is 70.5 Å². The highest BCUT2D eigenvalue weighted by atomic mass is 16.6. The number of aromatic nitrogens is 8. The maximum atomic E-state index is 13.0. The van der Waals surface area contributed by atoms with Crippen molar-refractivity contribution in [3.63, 3.8) is 0 Å². The number of aryl methyl sites for hydroxylation is 6. The predicted molar refractivity (Wildman–Crippen MR) is 461 cm³/mol. The summed E-state index contributed by atoms with van der Waals surface area (Å²) in [6.07, 6.45) is -5.17. The lowest BCUT2D eigenvalue weighted by Gasteiger charge is -2.39. The third kappa shape index (κ3) is 22.0. The van der Waals surface area contributed by atoms with Gasteiger partial charge in [0.1, 0.15) is 0 Å². The number of nitrogens with zero attached hydrogens (tertiary/aromatic N) is 8. The molecule has 0 saturated carbocycles. The van der Waals surface area contributed by atoms with Gasteiger partial charge in [-0.3, -0.25) is 0 Å². The van der Waals surface area contributed by atoms with E-state index in [-0.39, 0.29) is 42.4 Å². The molecule has 13 rings (SSSR count). The molecule has 13 aromatic rings. The van der Waals surface area contributed by atoms with Crippen molar-refractivity contribution in [3.05, 3.63) is 369 Å². The van der Waals surface area contributed by atoms with E-state index in [1.807, 2.05) is 239 Å². The predicted octanol–water partition coefficient (Wildman–Crippen LogP) is 15.5. The summed E-state index contributed by atoms with van der Waals surface area (Å²) in [6.45, 7) is 12.9. The quantitative estimate of drug-likeness (QED) is 0.0291. The fraction of sp³-hybridized carbons (Fsp3) is 0.237. The van der Waals surface area contributed by atoms with Crippen molar-refractivity contribution in [2.75, 3.05) is 49.3 Å². The zero-order valence-electron chi connectivity index (χ0n) is 70.8. The molecule has 0 aliphatic carbocycles. The third-order valence-corrected chi connectivity index (χ3v) is 20.2. The second kappa shape index (κ2) is 43.1. The van der Waals surface area contributed by atoms with Gasteiger partial charge in [0.15, 0.2) is 28.3 Å². The highest BCUT2D eigenvalue weighted by molar-refractivity contribution is 5.79. The first-order valence-electron chi connectivity index (χ1n) is 39.2. The van der Waals surface area contributed by atoms with Crippen LogP contribution in [0.2, 0.25) is 0 Å². The minimum atomic E-state index is -1.52. The summed E-state index contributed by atoms with van der Waals surface area (Å²) in [7, 11) is 8.92. The van der Waals surface area contributed by atoms with E-state index in [2.05, 4.69) is 39.9 Å². The van der Waals surface area contributed by atoms with Crippen LogP contribution in [-0.2, 0) is 62.0 Å². The van der Waals surface area contributed by atoms with Gasteiger partial charge in [-0.05, 0) is 135 Å². The smallest absolute Gasteiger partial charge is 0.348 e. The van der Waals surface area contributed by atoms with E-state index >= 15 is 0 Å². The molecule has 0 aliphatic rings. The minimum absolute atomic E-state index is 0.00168. The molecule has 27 heteroatoms. The molecule has 0 bridgehead atoms. The Balaban J connectivity index is 0.000000175. The molecule has 27 nitrogen and oxygen atoms in total. The van der Waals surface area contributed by atoms with E-state index in [9.17, 15) is 39.6 Å². The van der Waals surface area contributed by atoms with E-state index in [1.165, 1.54) is 34.5 Å². The Morgan fingerprint density at radius 1 is 0.290 bits per heavy atom. The maximum absolute atomic E-state index is 13.0. The Bertz CT molecular complexity index is 5390. The number of carbonyl (C=O) groups is 4. The van der Waals surface area contributed by atoms with Crippen molar-refractivity contribution in [3.8, 4) is 47.3 Å². The van der Waals surface area contributed by atoms with Crippen LogP contribution < -0.4 is 37.9 Å². The summed E-state index contributed by atoms with van der Waals surface area (Å²) in [6, 6.07) is 86.1. The number of carboxylic acids is 4. The number of rotatable bonds is 34. The number of methoxy groups -OCH3 is 6. The van der Waals surface area contributed by atoms with Gasteiger partial charge in [0.05, 0.1) is 46.5 Å². The fourth-order valence-corrected chi connectivity index (χ4v) is 14.5. The van der Waals surface area contributed by atoms with E-state index in [4.69, 9.17) is 52.1 Å². The number of ether oxygens (including phenoxy) is 11. The van der Waals surface area contributed by atoms with Crippen LogP contribution >= 0.6 is 0 Å². The summed E-state index contributed by atoms with van der Waals surface area (Å²) >= 11 is 0. The summed E-state index contributed by atoms with van der Waals surface area (Å²) in [5.41, 5.74) is 5.21. The number of carboxylic acid groups (broad SMARTS) is 4. The fourth-order valence-electron chi connectivity index (χ4n) is 14.5. The molecule has 4 heterocycles. The highest BCUT2D eigenvalue weighted by Gasteiger charge is 2.53. The molecule has 124 heavy (non-hydrogen) atoms. The van der Waals surface area contributed by atoms with E-state index in [0.717, 1.165) is 28.1 Å². The standard InChI is InChI=1S/C31H32N2O6.C22H22N2O6.C22H22N2O4.C22H22N2O3/c1-21-19-22(2)33-30(32-21)39-28(29(34)35)31(24-11-7-5-8-12-24,25-13-9-6-10-14-25)38-18-17-23-15-16-26(36-3)27(20-23)37-4;1-27-17-14-18(28-2)24-21(23-17)30-19(20(25)26)22(29-3,15-10-6-4-7-11-15)16-12-8-5-9-13-16;1-15-14-16(2)24-21(23-15)28-19(20(25)26)22(27-3,17-10-6-4-7-11-17)18-12-8-5-9-13-18;1-15-14-16(2)24-21(23-15)27-19(20(25)26)22(3,17-10-6-4-7-11-17)18-12-8-5-9-13-18/h5-16,19-20,28H,17-18H2,1-4H3,(H,34,35);4-14,19H,1-3H3,(H,25,26);4-14,19H,1-3H3,(H,25,26);4-14,19H,1-3H3,(H,25,26). The van der Waals surface area contributed by atoms with Gasteiger partial charge >= 0.3 is 47.9 Å². The molecule has 4 aromatic heterocycles. The van der Waals surface area contributed by atoms with Crippen LogP contribution in [0.4, 0.5) is 0 Å². The topological polar surface area (TPSA) is 354 Å². The third-order valence-electron chi connectivity index (χ3n) is 20.2. The Labute approximate surface area is 719 Å². The van der Waals surface area contributed by atoms with Gasteiger partial charge < -0.3 is 72.5 Å². The number of aliphatic carboxylic acids is 4. The molecule has 0 saturated heterocycles. The highest BCUT2D eigenvalue weighted by Crippen LogP contribution is 2.44. The molecule has 9 aromatic carbocycles. The summed E-state index contributed by atoms with van der Waals surface area (Å²) < 4.78 is 63.2. The number of hydrogen-bond acceptors (Lipinski definition) is 23. The average Bonchev–Trinajstić information content (AvgIpc) is 0.772.